The Labute approximate surface area is 288 Å². The second kappa shape index (κ2) is 31.7. The highest BCUT2D eigenvalue weighted by Crippen LogP contribution is 2.38. The van der Waals surface area contributed by atoms with Gasteiger partial charge in [0, 0.05) is 13.0 Å². The zero-order valence-electron chi connectivity index (χ0n) is 30.7. The molecule has 274 valence electrons. The van der Waals surface area contributed by atoms with Crippen molar-refractivity contribution in [2.75, 3.05) is 54.1 Å². The van der Waals surface area contributed by atoms with Gasteiger partial charge in [-0.25, -0.2) is 0 Å². The molecule has 0 aliphatic carbocycles. The molecule has 2 atom stereocenters. The fourth-order valence-corrected chi connectivity index (χ4v) is 5.28. The zero-order chi connectivity index (χ0) is 34.9. The van der Waals surface area contributed by atoms with Crippen molar-refractivity contribution in [2.24, 2.45) is 0 Å². The first-order valence-corrected chi connectivity index (χ1v) is 19.8. The summed E-state index contributed by atoms with van der Waals surface area (Å²) in [5, 5.41) is 0. The second-order valence-corrected chi connectivity index (χ2v) is 14.6. The van der Waals surface area contributed by atoms with Crippen LogP contribution < -0.4 is 4.89 Å². The average molecular weight is 684 g/mol. The first kappa shape index (κ1) is 45.5. The summed E-state index contributed by atoms with van der Waals surface area (Å²) in [6.07, 6.45) is 35.6. The van der Waals surface area contributed by atoms with Crippen LogP contribution in [0.1, 0.15) is 129 Å². The molecular weight excluding hydrogens is 613 g/mol. The van der Waals surface area contributed by atoms with E-state index in [1.807, 2.05) is 21.1 Å². The van der Waals surface area contributed by atoms with Gasteiger partial charge in [-0.3, -0.25) is 9.36 Å². The molecule has 0 aromatic carbocycles. The Balaban J connectivity index is 4.43. The summed E-state index contributed by atoms with van der Waals surface area (Å²) >= 11 is 0. The number of hydrogen-bond donors (Lipinski definition) is 0. The molecule has 0 amide bonds. The number of quaternary nitrogens is 1. The third-order valence-corrected chi connectivity index (χ3v) is 8.36. The van der Waals surface area contributed by atoms with Crippen molar-refractivity contribution >= 4 is 13.8 Å². The predicted octanol–water partition coefficient (Wildman–Crippen LogP) is 9.41. The molecule has 9 heteroatoms. The van der Waals surface area contributed by atoms with Gasteiger partial charge in [0.1, 0.15) is 19.3 Å². The lowest BCUT2D eigenvalue weighted by Crippen LogP contribution is -2.37. The Morgan fingerprint density at radius 1 is 0.681 bits per heavy atom. The lowest BCUT2D eigenvalue weighted by molar-refractivity contribution is -0.870. The summed E-state index contributed by atoms with van der Waals surface area (Å²) in [5.41, 5.74) is 0. The van der Waals surface area contributed by atoms with E-state index in [1.165, 1.54) is 51.4 Å². The molecule has 0 aromatic heterocycles. The molecule has 0 saturated heterocycles. The van der Waals surface area contributed by atoms with Gasteiger partial charge in [-0.2, -0.15) is 0 Å². The Morgan fingerprint density at radius 2 is 1.21 bits per heavy atom. The van der Waals surface area contributed by atoms with E-state index in [-0.39, 0.29) is 25.8 Å². The third-order valence-electron chi connectivity index (χ3n) is 7.39. The summed E-state index contributed by atoms with van der Waals surface area (Å²) in [6.45, 7) is 5.11. The average Bonchev–Trinajstić information content (AvgIpc) is 3.01. The van der Waals surface area contributed by atoms with Crippen LogP contribution in [0, 0.1) is 0 Å². The normalized spacial score (nSPS) is 14.6. The lowest BCUT2D eigenvalue weighted by atomic mass is 10.1. The maximum absolute atomic E-state index is 12.6. The number of rotatable bonds is 33. The number of likely N-dealkylation sites (N-methyl/N-ethyl adjacent to an activating group) is 1. The van der Waals surface area contributed by atoms with Crippen LogP contribution in [0.25, 0.3) is 0 Å². The van der Waals surface area contributed by atoms with Crippen molar-refractivity contribution in [1.82, 2.24) is 0 Å². The van der Waals surface area contributed by atoms with Crippen molar-refractivity contribution in [1.29, 1.82) is 0 Å². The van der Waals surface area contributed by atoms with E-state index in [1.54, 1.807) is 0 Å². The fourth-order valence-electron chi connectivity index (χ4n) is 4.55. The van der Waals surface area contributed by atoms with Crippen molar-refractivity contribution < 1.29 is 37.3 Å². The first-order chi connectivity index (χ1) is 22.6. The molecule has 0 bridgehead atoms. The molecule has 0 aromatic rings. The van der Waals surface area contributed by atoms with Gasteiger partial charge in [0.2, 0.25) is 0 Å². The van der Waals surface area contributed by atoms with E-state index in [0.29, 0.717) is 24.1 Å². The first-order valence-electron chi connectivity index (χ1n) is 18.4. The number of carbonyl (C=O) groups excluding carboxylic acids is 1. The minimum Gasteiger partial charge on any atom is -0.756 e. The largest absolute Gasteiger partial charge is 0.756 e. The van der Waals surface area contributed by atoms with Crippen LogP contribution in [-0.2, 0) is 27.9 Å². The van der Waals surface area contributed by atoms with Gasteiger partial charge in [-0.15, -0.1) is 0 Å². The maximum Gasteiger partial charge on any atom is 0.306 e. The van der Waals surface area contributed by atoms with Crippen LogP contribution >= 0.6 is 7.82 Å². The molecular formula is C38H70NO7P. The number of unbranched alkanes of at least 4 members (excludes halogenated alkanes) is 11. The van der Waals surface area contributed by atoms with E-state index in [4.69, 9.17) is 18.5 Å². The maximum atomic E-state index is 12.6. The number of allylic oxidation sites excluding steroid dienone is 8. The Bertz CT molecular complexity index is 895. The van der Waals surface area contributed by atoms with Gasteiger partial charge in [0.25, 0.3) is 7.82 Å². The molecule has 8 nitrogen and oxygen atoms in total. The Morgan fingerprint density at radius 3 is 1.77 bits per heavy atom. The van der Waals surface area contributed by atoms with Crippen molar-refractivity contribution in [3.8, 4) is 0 Å². The van der Waals surface area contributed by atoms with Crippen LogP contribution in [-0.4, -0.2) is 70.7 Å². The third kappa shape index (κ3) is 35.6. The van der Waals surface area contributed by atoms with Gasteiger partial charge < -0.3 is 27.9 Å². The molecule has 0 spiro atoms. The predicted molar refractivity (Wildman–Crippen MR) is 194 cm³/mol. The van der Waals surface area contributed by atoms with Crippen LogP contribution in [0.4, 0.5) is 0 Å². The number of ether oxygens (including phenoxy) is 2. The number of phosphoric acid groups is 1. The molecule has 0 heterocycles. The minimum atomic E-state index is -4.53. The summed E-state index contributed by atoms with van der Waals surface area (Å²) in [5.74, 6) is -0.357. The van der Waals surface area contributed by atoms with Gasteiger partial charge in [0.15, 0.2) is 0 Å². The van der Waals surface area contributed by atoms with Crippen LogP contribution in [0.2, 0.25) is 0 Å². The van der Waals surface area contributed by atoms with Gasteiger partial charge >= 0.3 is 5.97 Å². The van der Waals surface area contributed by atoms with E-state index in [9.17, 15) is 14.3 Å². The van der Waals surface area contributed by atoms with Gasteiger partial charge in [0.05, 0.1) is 34.4 Å². The van der Waals surface area contributed by atoms with E-state index in [2.05, 4.69) is 62.5 Å². The number of hydrogen-bond acceptors (Lipinski definition) is 7. The summed E-state index contributed by atoms with van der Waals surface area (Å²) in [7, 11) is 1.32. The molecule has 0 rings (SSSR count). The molecule has 47 heavy (non-hydrogen) atoms. The SMILES string of the molecule is CC/C=C\C/C=C\C/C=C\C/C=C\CCCOCC(COP(=O)([O-])OCC[N+](C)(C)C)OC(=O)CCCCCCCCCCCCC. The standard InChI is InChI=1S/C38H70NO7P/c1-6-8-10-12-14-16-18-19-20-22-24-26-28-30-33-43-35-37(36-45-47(41,42)44-34-32-39(3,4)5)46-38(40)31-29-27-25-23-21-17-15-13-11-9-7-2/h8,10,14,16,19-20,24,26,37H,6-7,9,11-13,15,17-18,21-23,25,27-36H2,1-5H3/b10-8-,16-14-,20-19-,26-24-. The van der Waals surface area contributed by atoms with Crippen molar-refractivity contribution in [2.45, 2.75) is 136 Å². The van der Waals surface area contributed by atoms with E-state index < -0.39 is 13.9 Å². The molecule has 0 aliphatic heterocycles. The summed E-state index contributed by atoms with van der Waals surface area (Å²) in [6, 6.07) is 0. The van der Waals surface area contributed by atoms with Crippen LogP contribution in [0.3, 0.4) is 0 Å². The monoisotopic (exact) mass is 683 g/mol. The topological polar surface area (TPSA) is 94.1 Å². The summed E-state index contributed by atoms with van der Waals surface area (Å²) in [4.78, 5) is 24.8. The molecule has 0 fully saturated rings. The Hall–Kier alpha value is -1.54. The smallest absolute Gasteiger partial charge is 0.306 e. The molecule has 2 unspecified atom stereocenters. The van der Waals surface area contributed by atoms with E-state index >= 15 is 0 Å². The lowest BCUT2D eigenvalue weighted by Gasteiger charge is -2.28. The number of phosphoric ester groups is 1. The highest BCUT2D eigenvalue weighted by atomic mass is 31.2. The highest BCUT2D eigenvalue weighted by Gasteiger charge is 2.20. The summed E-state index contributed by atoms with van der Waals surface area (Å²) < 4.78 is 34.3. The van der Waals surface area contributed by atoms with Crippen LogP contribution in [0.5, 0.6) is 0 Å². The number of carbonyl (C=O) groups is 1. The quantitative estimate of drug-likeness (QED) is 0.0224. The molecule has 0 saturated carbocycles. The van der Waals surface area contributed by atoms with Crippen molar-refractivity contribution in [3.05, 3.63) is 48.6 Å². The number of nitrogens with zero attached hydrogens (tertiary/aromatic N) is 1. The minimum absolute atomic E-state index is 0.0153. The molecule has 0 aliphatic rings. The Kier molecular flexibility index (Phi) is 30.7. The van der Waals surface area contributed by atoms with E-state index in [0.717, 1.165) is 57.8 Å². The second-order valence-electron chi connectivity index (χ2n) is 13.2. The van der Waals surface area contributed by atoms with Crippen molar-refractivity contribution in [3.63, 3.8) is 0 Å². The van der Waals surface area contributed by atoms with Gasteiger partial charge in [-0.05, 0) is 44.9 Å². The molecule has 0 radical (unpaired) electrons. The zero-order valence-corrected chi connectivity index (χ0v) is 31.6. The van der Waals surface area contributed by atoms with Gasteiger partial charge in [-0.1, -0.05) is 127 Å². The fraction of sp³-hybridized carbons (Fsp3) is 0.763. The van der Waals surface area contributed by atoms with Crippen LogP contribution in [0.15, 0.2) is 48.6 Å². The number of esters is 1. The highest BCUT2D eigenvalue weighted by molar-refractivity contribution is 7.45. The molecule has 0 N–H and O–H groups in total.